The van der Waals surface area contributed by atoms with E-state index in [2.05, 4.69) is 53.3 Å². The van der Waals surface area contributed by atoms with Gasteiger partial charge in [-0.25, -0.2) is 0 Å². The van der Waals surface area contributed by atoms with Crippen LogP contribution in [0.25, 0.3) is 0 Å². The average molecular weight is 445 g/mol. The third kappa shape index (κ3) is 6.24. The number of hydrogen-bond donors (Lipinski definition) is 1. The molecule has 1 unspecified atom stereocenters. The molecular formula is C19H32IN3O. The van der Waals surface area contributed by atoms with E-state index in [1.807, 2.05) is 7.05 Å². The summed E-state index contributed by atoms with van der Waals surface area (Å²) in [7, 11) is 3.61. The van der Waals surface area contributed by atoms with E-state index >= 15 is 0 Å². The first kappa shape index (κ1) is 21.2. The molecule has 1 atom stereocenters. The highest BCUT2D eigenvalue weighted by molar-refractivity contribution is 14.0. The van der Waals surface area contributed by atoms with E-state index in [0.29, 0.717) is 6.61 Å². The van der Waals surface area contributed by atoms with Gasteiger partial charge in [0, 0.05) is 33.8 Å². The van der Waals surface area contributed by atoms with E-state index in [1.165, 1.54) is 24.0 Å². The topological polar surface area (TPSA) is 36.9 Å². The first-order valence-electron chi connectivity index (χ1n) is 8.65. The number of ether oxygens (including phenoxy) is 1. The van der Waals surface area contributed by atoms with Crippen LogP contribution in [0.15, 0.2) is 29.3 Å². The fraction of sp³-hybridized carbons (Fsp3) is 0.632. The summed E-state index contributed by atoms with van der Waals surface area (Å²) in [5, 5.41) is 3.52. The maximum Gasteiger partial charge on any atom is 0.193 e. The number of benzene rings is 1. The molecule has 1 fully saturated rings. The highest BCUT2D eigenvalue weighted by atomic mass is 127. The van der Waals surface area contributed by atoms with Gasteiger partial charge in [0.05, 0.1) is 6.61 Å². The molecule has 0 bridgehead atoms. The van der Waals surface area contributed by atoms with E-state index < -0.39 is 0 Å². The maximum absolute atomic E-state index is 5.28. The summed E-state index contributed by atoms with van der Waals surface area (Å²) in [5.74, 6) is 2.59. The Bertz CT molecular complexity index is 519. The fourth-order valence-electron chi connectivity index (χ4n) is 3.42. The zero-order valence-electron chi connectivity index (χ0n) is 15.4. The molecule has 0 radical (unpaired) electrons. The lowest BCUT2D eigenvalue weighted by Crippen LogP contribution is -2.39. The van der Waals surface area contributed by atoms with E-state index in [1.54, 1.807) is 7.11 Å². The number of likely N-dealkylation sites (tertiary alicyclic amines) is 1. The molecule has 0 aromatic heterocycles. The zero-order chi connectivity index (χ0) is 16.7. The molecule has 136 valence electrons. The molecule has 0 amide bonds. The minimum Gasteiger partial charge on any atom is -0.380 e. The van der Waals surface area contributed by atoms with Crippen molar-refractivity contribution in [2.24, 2.45) is 16.8 Å². The van der Waals surface area contributed by atoms with Crippen LogP contribution in [0.1, 0.15) is 37.8 Å². The number of nitrogens with one attached hydrogen (secondary N) is 1. The molecule has 1 heterocycles. The Morgan fingerprint density at radius 2 is 2.04 bits per heavy atom. The second-order valence-corrected chi connectivity index (χ2v) is 6.83. The molecule has 2 rings (SSSR count). The Labute approximate surface area is 164 Å². The lowest BCUT2D eigenvalue weighted by atomic mass is 9.97. The van der Waals surface area contributed by atoms with Gasteiger partial charge < -0.3 is 15.0 Å². The number of nitrogens with zero attached hydrogens (tertiary/aromatic N) is 2. The highest BCUT2D eigenvalue weighted by Gasteiger charge is 2.25. The number of aliphatic imine (C=N–C) groups is 1. The zero-order valence-corrected chi connectivity index (χ0v) is 17.7. The molecule has 24 heavy (non-hydrogen) atoms. The van der Waals surface area contributed by atoms with E-state index in [9.17, 15) is 0 Å². The third-order valence-electron chi connectivity index (χ3n) is 4.46. The van der Waals surface area contributed by atoms with Crippen molar-refractivity contribution in [1.29, 1.82) is 0 Å². The number of methoxy groups -OCH3 is 1. The summed E-state index contributed by atoms with van der Waals surface area (Å²) in [6.45, 7) is 8.29. The Kier molecular flexibility index (Phi) is 9.66. The van der Waals surface area contributed by atoms with Gasteiger partial charge in [-0.15, -0.1) is 24.0 Å². The number of guanidine groups is 1. The SMILES string of the molecule is CN=C(NCc1ccccc1COC)N1CCC(CC(C)C)C1.I. The van der Waals surface area contributed by atoms with Crippen molar-refractivity contribution >= 4 is 29.9 Å². The van der Waals surface area contributed by atoms with Crippen molar-refractivity contribution in [2.45, 2.75) is 39.8 Å². The van der Waals surface area contributed by atoms with Gasteiger partial charge in [-0.2, -0.15) is 0 Å². The number of hydrogen-bond acceptors (Lipinski definition) is 2. The summed E-state index contributed by atoms with van der Waals surface area (Å²) >= 11 is 0. The number of rotatable bonds is 6. The third-order valence-corrected chi connectivity index (χ3v) is 4.46. The first-order valence-corrected chi connectivity index (χ1v) is 8.65. The predicted molar refractivity (Wildman–Crippen MR) is 112 cm³/mol. The largest absolute Gasteiger partial charge is 0.380 e. The Balaban J connectivity index is 0.00000288. The monoisotopic (exact) mass is 445 g/mol. The molecule has 0 saturated carbocycles. The lowest BCUT2D eigenvalue weighted by Gasteiger charge is -2.22. The summed E-state index contributed by atoms with van der Waals surface area (Å²) in [6.07, 6.45) is 2.59. The molecule has 0 spiro atoms. The van der Waals surface area contributed by atoms with Crippen molar-refractivity contribution < 1.29 is 4.74 Å². The van der Waals surface area contributed by atoms with Crippen LogP contribution >= 0.6 is 24.0 Å². The smallest absolute Gasteiger partial charge is 0.193 e. The second kappa shape index (κ2) is 10.9. The van der Waals surface area contributed by atoms with Crippen molar-refractivity contribution in [3.63, 3.8) is 0 Å². The summed E-state index contributed by atoms with van der Waals surface area (Å²) < 4.78 is 5.28. The first-order chi connectivity index (χ1) is 11.1. The van der Waals surface area contributed by atoms with Crippen molar-refractivity contribution in [1.82, 2.24) is 10.2 Å². The lowest BCUT2D eigenvalue weighted by molar-refractivity contribution is 0.184. The van der Waals surface area contributed by atoms with Crippen molar-refractivity contribution in [3.05, 3.63) is 35.4 Å². The Hall–Kier alpha value is -0.820. The highest BCUT2D eigenvalue weighted by Crippen LogP contribution is 2.23. The van der Waals surface area contributed by atoms with Crippen LogP contribution in [-0.4, -0.2) is 38.1 Å². The van der Waals surface area contributed by atoms with Crippen LogP contribution in [-0.2, 0) is 17.9 Å². The van der Waals surface area contributed by atoms with Gasteiger partial charge in [0.15, 0.2) is 5.96 Å². The van der Waals surface area contributed by atoms with Crippen molar-refractivity contribution in [3.8, 4) is 0 Å². The second-order valence-electron chi connectivity index (χ2n) is 6.83. The number of halogens is 1. The normalized spacial score (nSPS) is 18.0. The molecule has 1 aliphatic heterocycles. The molecule has 5 heteroatoms. The van der Waals surface area contributed by atoms with Gasteiger partial charge in [-0.3, -0.25) is 4.99 Å². The van der Waals surface area contributed by atoms with Gasteiger partial charge in [0.25, 0.3) is 0 Å². The Morgan fingerprint density at radius 3 is 2.67 bits per heavy atom. The molecule has 1 aromatic rings. The van der Waals surface area contributed by atoms with Gasteiger partial charge >= 0.3 is 0 Å². The van der Waals surface area contributed by atoms with Crippen LogP contribution in [0.5, 0.6) is 0 Å². The summed E-state index contributed by atoms with van der Waals surface area (Å²) in [4.78, 5) is 6.87. The average Bonchev–Trinajstić information content (AvgIpc) is 2.97. The van der Waals surface area contributed by atoms with E-state index in [4.69, 9.17) is 4.74 Å². The molecule has 1 aromatic carbocycles. The van der Waals surface area contributed by atoms with Crippen LogP contribution in [0.4, 0.5) is 0 Å². The summed E-state index contributed by atoms with van der Waals surface area (Å²) in [6, 6.07) is 8.41. The molecular weight excluding hydrogens is 413 g/mol. The molecule has 1 N–H and O–H groups in total. The van der Waals surface area contributed by atoms with Crippen LogP contribution in [0.3, 0.4) is 0 Å². The quantitative estimate of drug-likeness (QED) is 0.410. The van der Waals surface area contributed by atoms with Crippen LogP contribution < -0.4 is 5.32 Å². The summed E-state index contributed by atoms with van der Waals surface area (Å²) in [5.41, 5.74) is 2.51. The minimum absolute atomic E-state index is 0. The molecule has 0 aliphatic carbocycles. The van der Waals surface area contributed by atoms with Gasteiger partial charge in [0.2, 0.25) is 0 Å². The fourth-order valence-corrected chi connectivity index (χ4v) is 3.42. The van der Waals surface area contributed by atoms with E-state index in [-0.39, 0.29) is 24.0 Å². The minimum atomic E-state index is 0. The van der Waals surface area contributed by atoms with Crippen LogP contribution in [0.2, 0.25) is 0 Å². The van der Waals surface area contributed by atoms with Gasteiger partial charge in [-0.1, -0.05) is 38.1 Å². The Morgan fingerprint density at radius 1 is 1.33 bits per heavy atom. The maximum atomic E-state index is 5.28. The van der Waals surface area contributed by atoms with E-state index in [0.717, 1.165) is 37.4 Å². The van der Waals surface area contributed by atoms with Crippen molar-refractivity contribution in [2.75, 3.05) is 27.2 Å². The van der Waals surface area contributed by atoms with Gasteiger partial charge in [-0.05, 0) is 35.8 Å². The molecule has 1 saturated heterocycles. The van der Waals surface area contributed by atoms with Crippen LogP contribution in [0, 0.1) is 11.8 Å². The molecule has 4 nitrogen and oxygen atoms in total. The molecule has 1 aliphatic rings. The predicted octanol–water partition coefficient (Wildman–Crippen LogP) is 3.89. The van der Waals surface area contributed by atoms with Gasteiger partial charge in [0.1, 0.15) is 0 Å². The standard InChI is InChI=1S/C19H31N3O.HI/c1-15(2)11-16-9-10-22(13-16)19(20-3)21-12-17-7-5-6-8-18(17)14-23-4;/h5-8,15-16H,9-14H2,1-4H3,(H,20,21);1H.